The number of hydrogen-bond acceptors (Lipinski definition) is 5. The van der Waals surface area contributed by atoms with Crippen LogP contribution in [0.1, 0.15) is 15.9 Å². The van der Waals surface area contributed by atoms with Gasteiger partial charge in [-0.25, -0.2) is 10.8 Å². The minimum Gasteiger partial charge on any atom is -0.322 e. The average Bonchev–Trinajstić information content (AvgIpc) is 2.91. The third kappa shape index (κ3) is 2.96. The van der Waals surface area contributed by atoms with Crippen molar-refractivity contribution in [2.24, 2.45) is 5.84 Å². The number of aryl methyl sites for hydroxylation is 1. The van der Waals surface area contributed by atoms with Crippen molar-refractivity contribution in [1.82, 2.24) is 4.98 Å². The summed E-state index contributed by atoms with van der Waals surface area (Å²) >= 11 is 4.89. The quantitative estimate of drug-likeness (QED) is 0.478. The van der Waals surface area contributed by atoms with Crippen LogP contribution in [-0.4, -0.2) is 10.9 Å². The third-order valence-corrected chi connectivity index (χ3v) is 4.65. The van der Waals surface area contributed by atoms with Crippen molar-refractivity contribution in [3.63, 3.8) is 0 Å². The highest BCUT2D eigenvalue weighted by atomic mass is 79.9. The molecule has 5 nitrogen and oxygen atoms in total. The van der Waals surface area contributed by atoms with Gasteiger partial charge in [0.25, 0.3) is 5.91 Å². The first-order chi connectivity index (χ1) is 10.6. The van der Waals surface area contributed by atoms with Crippen LogP contribution in [0.5, 0.6) is 0 Å². The van der Waals surface area contributed by atoms with Crippen LogP contribution in [-0.2, 0) is 0 Å². The molecule has 7 heteroatoms. The molecule has 3 aromatic rings. The number of rotatable bonds is 3. The largest absolute Gasteiger partial charge is 0.322 e. The predicted octanol–water partition coefficient (Wildman–Crippen LogP) is 3.91. The van der Waals surface area contributed by atoms with Gasteiger partial charge in [0.05, 0.1) is 10.2 Å². The highest BCUT2D eigenvalue weighted by Gasteiger charge is 2.11. The number of nitrogens with zero attached hydrogens (tertiary/aromatic N) is 1. The number of carbonyl (C=O) groups excluding carboxylic acids is 1. The molecule has 0 atom stereocenters. The van der Waals surface area contributed by atoms with E-state index in [0.29, 0.717) is 16.4 Å². The van der Waals surface area contributed by atoms with E-state index in [1.54, 1.807) is 6.07 Å². The van der Waals surface area contributed by atoms with Gasteiger partial charge in [-0.15, -0.1) is 0 Å². The van der Waals surface area contributed by atoms with Crippen molar-refractivity contribution in [1.29, 1.82) is 0 Å². The normalized spacial score (nSPS) is 10.7. The second-order valence-corrected chi connectivity index (χ2v) is 6.68. The molecule has 0 bridgehead atoms. The molecule has 1 heterocycles. The Hall–Kier alpha value is -1.96. The minimum atomic E-state index is -0.142. The summed E-state index contributed by atoms with van der Waals surface area (Å²) in [6.45, 7) is 1.96. The standard InChI is InChI=1S/C15H13BrN4OS/c1-8-3-2-4-9(5-8)14(21)18-10-6-11(16)13-12(7-10)22-15(19-13)20-17/h2-7H,17H2,1H3,(H,18,21)(H,19,20). The molecule has 0 unspecified atom stereocenters. The maximum absolute atomic E-state index is 12.3. The first-order valence-corrected chi connectivity index (χ1v) is 8.12. The van der Waals surface area contributed by atoms with E-state index < -0.39 is 0 Å². The lowest BCUT2D eigenvalue weighted by Gasteiger charge is -2.07. The number of halogens is 1. The van der Waals surface area contributed by atoms with Gasteiger partial charge >= 0.3 is 0 Å². The van der Waals surface area contributed by atoms with E-state index in [9.17, 15) is 4.79 Å². The number of thiazole rings is 1. The number of benzene rings is 2. The van der Waals surface area contributed by atoms with E-state index in [1.807, 2.05) is 37.3 Å². The van der Waals surface area contributed by atoms with Gasteiger partial charge in [-0.2, -0.15) is 0 Å². The molecule has 0 saturated heterocycles. The second-order valence-electron chi connectivity index (χ2n) is 4.79. The lowest BCUT2D eigenvalue weighted by molar-refractivity contribution is 0.102. The van der Waals surface area contributed by atoms with Gasteiger partial charge in [0.1, 0.15) is 0 Å². The van der Waals surface area contributed by atoms with Gasteiger partial charge in [0.2, 0.25) is 0 Å². The maximum atomic E-state index is 12.3. The molecule has 112 valence electrons. The molecule has 1 amide bonds. The summed E-state index contributed by atoms with van der Waals surface area (Å²) in [6.07, 6.45) is 0. The number of nitrogens with two attached hydrogens (primary N) is 1. The van der Waals surface area contributed by atoms with E-state index >= 15 is 0 Å². The fourth-order valence-electron chi connectivity index (χ4n) is 2.11. The Kier molecular flexibility index (Phi) is 4.10. The first kappa shape index (κ1) is 15.0. The SMILES string of the molecule is Cc1cccc(C(=O)Nc2cc(Br)c3nc(NN)sc3c2)c1. The fraction of sp³-hybridized carbons (Fsp3) is 0.0667. The van der Waals surface area contributed by atoms with E-state index in [2.05, 4.69) is 31.7 Å². The van der Waals surface area contributed by atoms with Gasteiger partial charge in [-0.3, -0.25) is 10.2 Å². The molecule has 0 spiro atoms. The number of anilines is 2. The highest BCUT2D eigenvalue weighted by molar-refractivity contribution is 9.10. The molecule has 0 fully saturated rings. The van der Waals surface area contributed by atoms with Crippen molar-refractivity contribution in [2.75, 3.05) is 10.7 Å². The molecule has 4 N–H and O–H groups in total. The molecule has 3 rings (SSSR count). The summed E-state index contributed by atoms with van der Waals surface area (Å²) in [6, 6.07) is 11.2. The Morgan fingerprint density at radius 3 is 2.86 bits per heavy atom. The Bertz CT molecular complexity index is 862. The maximum Gasteiger partial charge on any atom is 0.255 e. The molecular formula is C15H13BrN4OS. The van der Waals surface area contributed by atoms with Gasteiger partial charge < -0.3 is 5.32 Å². The number of carbonyl (C=O) groups is 1. The lowest BCUT2D eigenvalue weighted by Crippen LogP contribution is -2.11. The van der Waals surface area contributed by atoms with Crippen LogP contribution in [0.15, 0.2) is 40.9 Å². The monoisotopic (exact) mass is 376 g/mol. The summed E-state index contributed by atoms with van der Waals surface area (Å²) in [5.41, 5.74) is 5.73. The molecule has 2 aromatic carbocycles. The van der Waals surface area contributed by atoms with Crippen molar-refractivity contribution in [2.45, 2.75) is 6.92 Å². The van der Waals surface area contributed by atoms with Crippen LogP contribution < -0.4 is 16.6 Å². The van der Waals surface area contributed by atoms with Gasteiger partial charge in [-0.1, -0.05) is 29.0 Å². The molecule has 0 aliphatic rings. The number of nitrogens with one attached hydrogen (secondary N) is 2. The smallest absolute Gasteiger partial charge is 0.255 e. The Morgan fingerprint density at radius 1 is 1.32 bits per heavy atom. The van der Waals surface area contributed by atoms with Crippen molar-refractivity contribution >= 4 is 54.2 Å². The number of amides is 1. The van der Waals surface area contributed by atoms with Crippen LogP contribution in [0.3, 0.4) is 0 Å². The third-order valence-electron chi connectivity index (χ3n) is 3.11. The molecule has 0 radical (unpaired) electrons. The van der Waals surface area contributed by atoms with Crippen LogP contribution in [0, 0.1) is 6.92 Å². The minimum absolute atomic E-state index is 0.142. The zero-order valence-electron chi connectivity index (χ0n) is 11.7. The highest BCUT2D eigenvalue weighted by Crippen LogP contribution is 2.33. The predicted molar refractivity (Wildman–Crippen MR) is 94.3 cm³/mol. The van der Waals surface area contributed by atoms with Crippen molar-refractivity contribution in [3.05, 3.63) is 52.0 Å². The van der Waals surface area contributed by atoms with Gasteiger partial charge in [-0.05, 0) is 47.1 Å². The Balaban J connectivity index is 1.92. The molecule has 0 aliphatic carbocycles. The number of hydrazine groups is 1. The first-order valence-electron chi connectivity index (χ1n) is 6.51. The van der Waals surface area contributed by atoms with Crippen LogP contribution in [0.2, 0.25) is 0 Å². The van der Waals surface area contributed by atoms with Gasteiger partial charge in [0.15, 0.2) is 5.13 Å². The number of nitrogen functional groups attached to an aromatic ring is 1. The molecule has 22 heavy (non-hydrogen) atoms. The van der Waals surface area contributed by atoms with Crippen molar-refractivity contribution < 1.29 is 4.79 Å². The van der Waals surface area contributed by atoms with Gasteiger partial charge in [0, 0.05) is 15.7 Å². The zero-order chi connectivity index (χ0) is 15.7. The van der Waals surface area contributed by atoms with E-state index in [-0.39, 0.29) is 5.91 Å². The summed E-state index contributed by atoms with van der Waals surface area (Å²) in [7, 11) is 0. The average molecular weight is 377 g/mol. The van der Waals surface area contributed by atoms with Crippen molar-refractivity contribution in [3.8, 4) is 0 Å². The Labute approximate surface area is 139 Å². The summed E-state index contributed by atoms with van der Waals surface area (Å²) < 4.78 is 1.74. The molecule has 0 aliphatic heterocycles. The molecule has 0 saturated carbocycles. The van der Waals surface area contributed by atoms with E-state index in [4.69, 9.17) is 5.84 Å². The summed E-state index contributed by atoms with van der Waals surface area (Å²) in [5.74, 6) is 5.24. The zero-order valence-corrected chi connectivity index (χ0v) is 14.1. The molecule has 1 aromatic heterocycles. The molecular weight excluding hydrogens is 364 g/mol. The second kappa shape index (κ2) is 6.04. The van der Waals surface area contributed by atoms with E-state index in [0.717, 1.165) is 20.3 Å². The van der Waals surface area contributed by atoms with Crippen LogP contribution >= 0.6 is 27.3 Å². The van der Waals surface area contributed by atoms with Crippen LogP contribution in [0.4, 0.5) is 10.8 Å². The van der Waals surface area contributed by atoms with Crippen LogP contribution in [0.25, 0.3) is 10.2 Å². The summed E-state index contributed by atoms with van der Waals surface area (Å²) in [4.78, 5) is 16.6. The summed E-state index contributed by atoms with van der Waals surface area (Å²) in [5, 5.41) is 3.53. The fourth-order valence-corrected chi connectivity index (χ4v) is 3.63. The van der Waals surface area contributed by atoms with E-state index in [1.165, 1.54) is 11.3 Å². The number of hydrogen-bond donors (Lipinski definition) is 3. The Morgan fingerprint density at radius 2 is 2.14 bits per heavy atom. The number of fused-ring (bicyclic) bond motifs is 1. The number of aromatic nitrogens is 1. The lowest BCUT2D eigenvalue weighted by atomic mass is 10.1. The topological polar surface area (TPSA) is 80.0 Å².